The summed E-state index contributed by atoms with van der Waals surface area (Å²) in [5, 5.41) is 5.38. The topological polar surface area (TPSA) is 50.4 Å². The van der Waals surface area contributed by atoms with Crippen molar-refractivity contribution in [3.63, 3.8) is 0 Å². The fourth-order valence-electron chi connectivity index (χ4n) is 1.26. The summed E-state index contributed by atoms with van der Waals surface area (Å²) >= 11 is 2.99. The van der Waals surface area contributed by atoms with E-state index in [0.717, 1.165) is 0 Å². The van der Waals surface area contributed by atoms with Gasteiger partial charge in [-0.1, -0.05) is 0 Å². The molecule has 0 unspecified atom stereocenters. The van der Waals surface area contributed by atoms with E-state index in [2.05, 4.69) is 31.3 Å². The summed E-state index contributed by atoms with van der Waals surface area (Å²) < 4.78 is 40.1. The van der Waals surface area contributed by atoms with E-state index in [1.807, 2.05) is 0 Å². The summed E-state index contributed by atoms with van der Waals surface area (Å²) in [7, 11) is 1.53. The molecular formula is C11H12BrF3N2O2. The molecule has 0 saturated carbocycles. The molecule has 0 aliphatic heterocycles. The van der Waals surface area contributed by atoms with Gasteiger partial charge in [-0.15, -0.1) is 13.2 Å². The van der Waals surface area contributed by atoms with Gasteiger partial charge in [0.25, 0.3) is 0 Å². The van der Waals surface area contributed by atoms with Crippen LogP contribution in [0.15, 0.2) is 22.7 Å². The van der Waals surface area contributed by atoms with Crippen LogP contribution >= 0.6 is 15.9 Å². The normalized spacial score (nSPS) is 11.0. The zero-order chi connectivity index (χ0) is 14.5. The minimum absolute atomic E-state index is 0.122. The number of carbonyl (C=O) groups is 1. The average Bonchev–Trinajstić information content (AvgIpc) is 2.31. The molecule has 106 valence electrons. The molecule has 1 amide bonds. The van der Waals surface area contributed by atoms with E-state index < -0.39 is 6.36 Å². The van der Waals surface area contributed by atoms with Gasteiger partial charge < -0.3 is 15.4 Å². The van der Waals surface area contributed by atoms with Crippen LogP contribution in [0.5, 0.6) is 5.75 Å². The lowest BCUT2D eigenvalue weighted by molar-refractivity contribution is -0.274. The number of hydrogen-bond acceptors (Lipinski definition) is 3. The number of rotatable bonds is 5. The first-order valence-electron chi connectivity index (χ1n) is 5.31. The first kappa shape index (κ1) is 15.6. The lowest BCUT2D eigenvalue weighted by Crippen LogP contribution is -2.20. The maximum absolute atomic E-state index is 12.0. The molecule has 4 nitrogen and oxygen atoms in total. The Bertz CT molecular complexity index is 452. The molecule has 0 spiro atoms. The SMILES string of the molecule is CNC(=O)CCNc1ccc(OC(F)(F)F)c(Br)c1. The Kier molecular flexibility index (Phi) is 5.46. The van der Waals surface area contributed by atoms with Crippen LogP contribution in [-0.2, 0) is 4.79 Å². The summed E-state index contributed by atoms with van der Waals surface area (Å²) in [4.78, 5) is 11.0. The molecule has 19 heavy (non-hydrogen) atoms. The Hall–Kier alpha value is -1.44. The van der Waals surface area contributed by atoms with E-state index >= 15 is 0 Å². The fourth-order valence-corrected chi connectivity index (χ4v) is 1.72. The maximum atomic E-state index is 12.0. The molecule has 0 aliphatic rings. The average molecular weight is 341 g/mol. The van der Waals surface area contributed by atoms with Crippen LogP contribution in [0.2, 0.25) is 0 Å². The Morgan fingerprint density at radius 1 is 1.42 bits per heavy atom. The van der Waals surface area contributed by atoms with Gasteiger partial charge in [0.05, 0.1) is 4.47 Å². The number of ether oxygens (including phenoxy) is 1. The third-order valence-electron chi connectivity index (χ3n) is 2.12. The highest BCUT2D eigenvalue weighted by atomic mass is 79.9. The highest BCUT2D eigenvalue weighted by Crippen LogP contribution is 2.32. The Morgan fingerprint density at radius 3 is 2.63 bits per heavy atom. The van der Waals surface area contributed by atoms with E-state index in [9.17, 15) is 18.0 Å². The number of hydrogen-bond donors (Lipinski definition) is 2. The van der Waals surface area contributed by atoms with E-state index in [0.29, 0.717) is 12.2 Å². The predicted molar refractivity (Wildman–Crippen MR) is 68.0 cm³/mol. The molecular weight excluding hydrogens is 329 g/mol. The lowest BCUT2D eigenvalue weighted by Gasteiger charge is -2.12. The number of halogens is 4. The molecule has 0 heterocycles. The van der Waals surface area contributed by atoms with E-state index in [1.165, 1.54) is 25.2 Å². The van der Waals surface area contributed by atoms with Crippen molar-refractivity contribution in [1.29, 1.82) is 0 Å². The Labute approximate surface area is 116 Å². The van der Waals surface area contributed by atoms with E-state index in [-0.39, 0.29) is 22.6 Å². The number of benzene rings is 1. The molecule has 0 saturated heterocycles. The molecule has 0 atom stereocenters. The van der Waals surface area contributed by atoms with Gasteiger partial charge in [-0.25, -0.2) is 0 Å². The van der Waals surface area contributed by atoms with Gasteiger partial charge in [-0.3, -0.25) is 4.79 Å². The number of anilines is 1. The first-order valence-corrected chi connectivity index (χ1v) is 6.11. The first-order chi connectivity index (χ1) is 8.81. The van der Waals surface area contributed by atoms with Crippen molar-refractivity contribution in [2.24, 2.45) is 0 Å². The summed E-state index contributed by atoms with van der Waals surface area (Å²) in [6.45, 7) is 0.381. The van der Waals surface area contributed by atoms with Gasteiger partial charge in [0.1, 0.15) is 5.75 Å². The Morgan fingerprint density at radius 2 is 2.11 bits per heavy atom. The summed E-state index contributed by atoms with van der Waals surface area (Å²) in [5.74, 6) is -0.437. The fraction of sp³-hybridized carbons (Fsp3) is 0.364. The highest BCUT2D eigenvalue weighted by molar-refractivity contribution is 9.10. The van der Waals surface area contributed by atoms with Gasteiger partial charge in [-0.05, 0) is 34.1 Å². The minimum Gasteiger partial charge on any atom is -0.405 e. The highest BCUT2D eigenvalue weighted by Gasteiger charge is 2.31. The number of amides is 1. The Balaban J connectivity index is 2.59. The van der Waals surface area contributed by atoms with Gasteiger partial charge in [0.2, 0.25) is 5.91 Å². The summed E-state index contributed by atoms with van der Waals surface area (Å²) in [6, 6.07) is 4.08. The number of nitrogens with one attached hydrogen (secondary N) is 2. The molecule has 1 aromatic carbocycles. The van der Waals surface area contributed by atoms with E-state index in [1.54, 1.807) is 0 Å². The van der Waals surface area contributed by atoms with E-state index in [4.69, 9.17) is 0 Å². The molecule has 8 heteroatoms. The quantitative estimate of drug-likeness (QED) is 0.866. The molecule has 0 aromatic heterocycles. The van der Waals surface area contributed by atoms with Crippen LogP contribution in [0.3, 0.4) is 0 Å². The maximum Gasteiger partial charge on any atom is 0.573 e. The molecule has 0 aliphatic carbocycles. The van der Waals surface area contributed by atoms with Crippen LogP contribution in [0.4, 0.5) is 18.9 Å². The van der Waals surface area contributed by atoms with Crippen molar-refractivity contribution in [3.8, 4) is 5.75 Å². The van der Waals surface area contributed by atoms with Crippen molar-refractivity contribution in [3.05, 3.63) is 22.7 Å². The summed E-state index contributed by atoms with van der Waals surface area (Å²) in [6.07, 6.45) is -4.45. The molecule has 0 fully saturated rings. The molecule has 1 aromatic rings. The van der Waals surface area contributed by atoms with Crippen molar-refractivity contribution in [1.82, 2.24) is 5.32 Å². The molecule has 0 radical (unpaired) electrons. The van der Waals surface area contributed by atoms with Crippen LogP contribution in [0.1, 0.15) is 6.42 Å². The van der Waals surface area contributed by atoms with Crippen molar-refractivity contribution in [2.45, 2.75) is 12.8 Å². The van der Waals surface area contributed by atoms with Gasteiger partial charge in [0, 0.05) is 25.7 Å². The minimum atomic E-state index is -4.73. The van der Waals surface area contributed by atoms with Crippen LogP contribution in [0, 0.1) is 0 Å². The van der Waals surface area contributed by atoms with Gasteiger partial charge in [0.15, 0.2) is 0 Å². The van der Waals surface area contributed by atoms with Gasteiger partial charge >= 0.3 is 6.36 Å². The smallest absolute Gasteiger partial charge is 0.405 e. The standard InChI is InChI=1S/C11H12BrF3N2O2/c1-16-10(18)4-5-17-7-2-3-9(8(12)6-7)19-11(13,14)15/h2-3,6,17H,4-5H2,1H3,(H,16,18). The zero-order valence-electron chi connectivity index (χ0n) is 9.97. The third kappa shape index (κ3) is 5.82. The number of carbonyl (C=O) groups excluding carboxylic acids is 1. The van der Waals surface area contributed by atoms with Crippen LogP contribution in [-0.4, -0.2) is 25.9 Å². The predicted octanol–water partition coefficient (Wildman–Crippen LogP) is 2.90. The zero-order valence-corrected chi connectivity index (χ0v) is 11.6. The lowest BCUT2D eigenvalue weighted by atomic mass is 10.3. The second-order valence-corrected chi connectivity index (χ2v) is 4.40. The third-order valence-corrected chi connectivity index (χ3v) is 2.74. The van der Waals surface area contributed by atoms with Crippen molar-refractivity contribution < 1.29 is 22.7 Å². The number of alkyl halides is 3. The second-order valence-electron chi connectivity index (χ2n) is 3.54. The van der Waals surface area contributed by atoms with Crippen LogP contribution < -0.4 is 15.4 Å². The van der Waals surface area contributed by atoms with Gasteiger partial charge in [-0.2, -0.15) is 0 Å². The van der Waals surface area contributed by atoms with Crippen molar-refractivity contribution >= 4 is 27.5 Å². The molecule has 0 bridgehead atoms. The largest absolute Gasteiger partial charge is 0.573 e. The van der Waals surface area contributed by atoms with Crippen LogP contribution in [0.25, 0.3) is 0 Å². The second kappa shape index (κ2) is 6.65. The molecule has 1 rings (SSSR count). The monoisotopic (exact) mass is 340 g/mol. The molecule has 2 N–H and O–H groups in total. The summed E-state index contributed by atoms with van der Waals surface area (Å²) in [5.41, 5.74) is 0.588. The van der Waals surface area contributed by atoms with Crippen molar-refractivity contribution in [2.75, 3.05) is 18.9 Å².